The van der Waals surface area contributed by atoms with Crippen molar-refractivity contribution in [2.75, 3.05) is 0 Å². The first-order chi connectivity index (χ1) is 2.00. The second kappa shape index (κ2) is 1.97. The monoisotopic (exact) mass is 162 g/mol. The van der Waals surface area contributed by atoms with E-state index >= 15 is 0 Å². The molecule has 32 valence electrons. The summed E-state index contributed by atoms with van der Waals surface area (Å²) in [5.74, 6) is 0. The zero-order valence-corrected chi connectivity index (χ0v) is 6.36. The fourth-order valence-corrected chi connectivity index (χ4v) is 0. The van der Waals surface area contributed by atoms with Crippen molar-refractivity contribution >= 4 is 50.9 Å². The smallest absolute Gasteiger partial charge is 0.00525 e. The molecule has 5 heteroatoms. The van der Waals surface area contributed by atoms with Crippen molar-refractivity contribution in [3.05, 3.63) is 0 Å². The van der Waals surface area contributed by atoms with E-state index in [0.29, 0.717) is 0 Å². The van der Waals surface area contributed by atoms with Crippen LogP contribution in [0.4, 0.5) is 0 Å². The van der Waals surface area contributed by atoms with Gasteiger partial charge in [-0.3, -0.25) is 0 Å². The summed E-state index contributed by atoms with van der Waals surface area (Å²) in [6.07, 6.45) is 0. The van der Waals surface area contributed by atoms with Crippen LogP contribution in [0.3, 0.4) is 0 Å². The van der Waals surface area contributed by atoms with Crippen molar-refractivity contribution in [2.24, 2.45) is 0 Å². The molecule has 0 heterocycles. The SMILES string of the molecule is S=S(=S)(S)S. The highest BCUT2D eigenvalue weighted by Crippen LogP contribution is 1.99. The van der Waals surface area contributed by atoms with Crippen molar-refractivity contribution in [1.82, 2.24) is 0 Å². The van der Waals surface area contributed by atoms with Gasteiger partial charge in [-0.2, -0.15) is 0 Å². The Balaban J connectivity index is 4.06. The molecule has 0 fully saturated rings. The van der Waals surface area contributed by atoms with Gasteiger partial charge in [-0.1, -0.05) is 23.3 Å². The summed E-state index contributed by atoms with van der Waals surface area (Å²) in [4.78, 5) is 0. The van der Waals surface area contributed by atoms with Gasteiger partial charge in [0.2, 0.25) is 0 Å². The highest BCUT2D eigenvalue weighted by atomic mass is 33.8. The van der Waals surface area contributed by atoms with Crippen molar-refractivity contribution in [1.29, 1.82) is 0 Å². The molecule has 0 aliphatic carbocycles. The van der Waals surface area contributed by atoms with Crippen molar-refractivity contribution in [2.45, 2.75) is 0 Å². The van der Waals surface area contributed by atoms with Gasteiger partial charge in [0.25, 0.3) is 0 Å². The summed E-state index contributed by atoms with van der Waals surface area (Å²) in [7, 11) is 0. The molecular formula is H2S5. The number of hydrogen-bond acceptors (Lipinski definition) is 2. The minimum Gasteiger partial charge on any atom is -0.0932 e. The third kappa shape index (κ3) is 30.1. The maximum absolute atomic E-state index is 4.45. The Hall–Kier alpha value is 1.49. The average molecular weight is 162 g/mol. The van der Waals surface area contributed by atoms with E-state index in [1.165, 1.54) is 0 Å². The topological polar surface area (TPSA) is 0 Å². The molecule has 0 saturated carbocycles. The molecule has 5 heavy (non-hydrogen) atoms. The van der Waals surface area contributed by atoms with Gasteiger partial charge in [-0.25, -0.2) is 0 Å². The van der Waals surface area contributed by atoms with E-state index in [4.69, 9.17) is 0 Å². The van der Waals surface area contributed by atoms with Crippen LogP contribution in [0.25, 0.3) is 0 Å². The maximum Gasteiger partial charge on any atom is 0.00525 e. The second-order valence-corrected chi connectivity index (χ2v) is 12.1. The molecule has 0 aliphatic heterocycles. The highest BCUT2D eigenvalue weighted by Gasteiger charge is 1.70. The summed E-state index contributed by atoms with van der Waals surface area (Å²) < 4.78 is 0. The van der Waals surface area contributed by atoms with Gasteiger partial charge in [0.15, 0.2) is 0 Å². The third-order valence-corrected chi connectivity index (χ3v) is 0. The Kier molecular flexibility index (Phi) is 2.56. The van der Waals surface area contributed by atoms with E-state index in [9.17, 15) is 0 Å². The number of thiol groups is 2. The molecule has 0 aliphatic rings. The largest absolute Gasteiger partial charge is 0.0932 e. The van der Waals surface area contributed by atoms with Crippen molar-refractivity contribution in [3.63, 3.8) is 0 Å². The summed E-state index contributed by atoms with van der Waals surface area (Å²) in [6.45, 7) is 0. The van der Waals surface area contributed by atoms with Gasteiger partial charge in [0, 0.05) is 5.21 Å². The molecule has 0 spiro atoms. The molecule has 0 N–H and O–H groups in total. The molecule has 0 rings (SSSR count). The number of rotatable bonds is 0. The lowest BCUT2D eigenvalue weighted by Crippen LogP contribution is -1.55. The van der Waals surface area contributed by atoms with Crippen molar-refractivity contribution in [3.8, 4) is 0 Å². The lowest BCUT2D eigenvalue weighted by molar-refractivity contribution is 5.70. The molecule has 0 aromatic heterocycles. The first-order valence-electron chi connectivity index (χ1n) is 0.698. The van der Waals surface area contributed by atoms with Crippen molar-refractivity contribution < 1.29 is 0 Å². The second-order valence-electron chi connectivity index (χ2n) is 0.448. The lowest BCUT2D eigenvalue weighted by Gasteiger charge is -1.76. The van der Waals surface area contributed by atoms with Crippen LogP contribution in [0.2, 0.25) is 0 Å². The summed E-state index contributed by atoms with van der Waals surface area (Å²) in [6, 6.07) is 0. The van der Waals surface area contributed by atoms with Crippen LogP contribution in [-0.2, 0) is 27.6 Å². The zero-order valence-electron chi connectivity index (χ0n) is 2.12. The van der Waals surface area contributed by atoms with Gasteiger partial charge >= 0.3 is 0 Å². The molecule has 0 nitrogen and oxygen atoms in total. The predicted octanol–water partition coefficient (Wildman–Crippen LogP) is 0.754. The van der Waals surface area contributed by atoms with Crippen LogP contribution < -0.4 is 0 Å². The molecule has 0 unspecified atom stereocenters. The Bertz CT molecular complexity index is 83.2. The molecule has 0 radical (unpaired) electrons. The molecule has 0 saturated heterocycles. The molecule has 0 atom stereocenters. The van der Waals surface area contributed by atoms with Crippen LogP contribution in [0.1, 0.15) is 0 Å². The Morgan fingerprint density at radius 2 is 1.20 bits per heavy atom. The highest BCUT2D eigenvalue weighted by molar-refractivity contribution is 9.18. The normalized spacial score (nSPS) is 11.6. The quantitative estimate of drug-likeness (QED) is 0.399. The molecule has 0 aromatic carbocycles. The predicted molar refractivity (Wildman–Crippen MR) is 40.1 cm³/mol. The van der Waals surface area contributed by atoms with E-state index in [0.717, 1.165) is 0 Å². The Morgan fingerprint density at radius 1 is 1.20 bits per heavy atom. The van der Waals surface area contributed by atoms with E-state index in [1.54, 1.807) is 0 Å². The van der Waals surface area contributed by atoms with E-state index in [1.807, 2.05) is 0 Å². The van der Waals surface area contributed by atoms with Gasteiger partial charge in [0.1, 0.15) is 0 Å². The number of hydrogen-bond donors (Lipinski definition) is 2. The van der Waals surface area contributed by atoms with Crippen LogP contribution >= 0.6 is 23.3 Å². The Morgan fingerprint density at radius 3 is 1.20 bits per heavy atom. The minimum atomic E-state index is -1.61. The van der Waals surface area contributed by atoms with Gasteiger partial charge in [-0.05, 0) is 22.4 Å². The fraction of sp³-hybridized carbons (Fsp3) is 0. The first kappa shape index (κ1) is 6.49. The van der Waals surface area contributed by atoms with Gasteiger partial charge in [0.05, 0.1) is 0 Å². The summed E-state index contributed by atoms with van der Waals surface area (Å²) in [5.41, 5.74) is 0. The van der Waals surface area contributed by atoms with E-state index in [-0.39, 0.29) is 0 Å². The average Bonchev–Trinajstić information content (AvgIpc) is 0.722. The van der Waals surface area contributed by atoms with E-state index in [2.05, 4.69) is 45.7 Å². The lowest BCUT2D eigenvalue weighted by atomic mass is 30.3. The van der Waals surface area contributed by atoms with Crippen LogP contribution in [0, 0.1) is 0 Å². The van der Waals surface area contributed by atoms with Crippen LogP contribution in [0.5, 0.6) is 0 Å². The summed E-state index contributed by atoms with van der Waals surface area (Å²) in [5, 5.41) is -1.61. The molecule has 0 bridgehead atoms. The van der Waals surface area contributed by atoms with Crippen LogP contribution in [-0.4, -0.2) is 0 Å². The Labute approximate surface area is 50.8 Å². The van der Waals surface area contributed by atoms with E-state index < -0.39 is 5.21 Å². The maximum atomic E-state index is 4.45. The van der Waals surface area contributed by atoms with Crippen LogP contribution in [0.15, 0.2) is 0 Å². The van der Waals surface area contributed by atoms with Gasteiger partial charge < -0.3 is 0 Å². The minimum absolute atomic E-state index is 1.61. The van der Waals surface area contributed by atoms with Gasteiger partial charge in [-0.15, -0.1) is 0 Å². The third-order valence-electron chi connectivity index (χ3n) is 0. The molecular weight excluding hydrogens is 160 g/mol. The molecule has 0 aromatic rings. The first-order valence-corrected chi connectivity index (χ1v) is 6.29. The fourth-order valence-electron chi connectivity index (χ4n) is 0. The standard InChI is InChI=1S/H2S5/c1-5(2,3)4/h(H2,1,2,3,4). The molecule has 0 amide bonds. The summed E-state index contributed by atoms with van der Waals surface area (Å²) >= 11 is 16.3. The zero-order chi connectivity index (χ0) is 4.50.